The number of anilines is 2. The number of urea groups is 1. The summed E-state index contributed by atoms with van der Waals surface area (Å²) in [6.45, 7) is 1.79. The summed E-state index contributed by atoms with van der Waals surface area (Å²) in [5.74, 6) is 0.150. The first-order valence-corrected chi connectivity index (χ1v) is 11.9. The quantitative estimate of drug-likeness (QED) is 0.359. The first-order valence-electron chi connectivity index (χ1n) is 10.5. The Hall–Kier alpha value is -3.24. The summed E-state index contributed by atoms with van der Waals surface area (Å²) >= 11 is 7.61. The number of carbonyl (C=O) groups is 1. The van der Waals surface area contributed by atoms with Crippen molar-refractivity contribution in [1.82, 2.24) is 24.8 Å². The maximum absolute atomic E-state index is 14.5. The van der Waals surface area contributed by atoms with Gasteiger partial charge in [-0.25, -0.2) is 24.1 Å². The van der Waals surface area contributed by atoms with E-state index >= 15 is 0 Å². The second-order valence-electron chi connectivity index (χ2n) is 7.92. The molecule has 2 amide bonds. The Bertz CT molecular complexity index is 1280. The Morgan fingerprint density at radius 1 is 1.36 bits per heavy atom. The van der Waals surface area contributed by atoms with E-state index in [-0.39, 0.29) is 17.8 Å². The van der Waals surface area contributed by atoms with E-state index in [4.69, 9.17) is 11.6 Å². The first-order chi connectivity index (χ1) is 16.1. The molecule has 3 N–H and O–H groups in total. The molecule has 0 bridgehead atoms. The van der Waals surface area contributed by atoms with E-state index in [9.17, 15) is 9.18 Å². The summed E-state index contributed by atoms with van der Waals surface area (Å²) < 4.78 is 14.5. The molecule has 0 spiro atoms. The fourth-order valence-corrected chi connectivity index (χ4v) is 4.72. The maximum atomic E-state index is 14.5. The number of rotatable bonds is 5. The smallest absolute Gasteiger partial charge is 0.321 e. The van der Waals surface area contributed by atoms with E-state index in [0.29, 0.717) is 41.7 Å². The number of likely N-dealkylation sites (tertiary alicyclic amines) is 1. The number of nitrogens with zero attached hydrogens (tertiary/aromatic N) is 4. The Morgan fingerprint density at radius 2 is 2.27 bits per heavy atom. The van der Waals surface area contributed by atoms with Crippen molar-refractivity contribution >= 4 is 51.5 Å². The molecule has 1 saturated heterocycles. The predicted molar refractivity (Wildman–Crippen MR) is 128 cm³/mol. The van der Waals surface area contributed by atoms with Gasteiger partial charge in [0.25, 0.3) is 0 Å². The number of pyridine rings is 1. The minimum absolute atomic E-state index is 0.111. The lowest BCUT2D eigenvalue weighted by molar-refractivity contribution is 0.180. The van der Waals surface area contributed by atoms with Crippen LogP contribution in [0, 0.1) is 11.7 Å². The zero-order chi connectivity index (χ0) is 22.8. The summed E-state index contributed by atoms with van der Waals surface area (Å²) in [5, 5.41) is 11.1. The molecular weight excluding hydrogens is 465 g/mol. The number of aromatic amines is 1. The van der Waals surface area contributed by atoms with Gasteiger partial charge in [0.2, 0.25) is 0 Å². The van der Waals surface area contributed by atoms with E-state index < -0.39 is 5.82 Å². The van der Waals surface area contributed by atoms with Crippen LogP contribution in [0.3, 0.4) is 0 Å². The Balaban J connectivity index is 1.26. The molecular formula is C22H21ClFN7OS. The number of hydrogen-bond donors (Lipinski definition) is 3. The largest absolute Gasteiger partial charge is 0.367 e. The number of piperidine rings is 1. The Labute approximate surface area is 198 Å². The van der Waals surface area contributed by atoms with Crippen LogP contribution in [0.25, 0.3) is 22.4 Å². The van der Waals surface area contributed by atoms with Gasteiger partial charge in [0, 0.05) is 48.4 Å². The monoisotopic (exact) mass is 485 g/mol. The number of fused-ring (bicyclic) bond motifs is 1. The summed E-state index contributed by atoms with van der Waals surface area (Å²) in [5.41, 5.74) is 2.14. The van der Waals surface area contributed by atoms with Gasteiger partial charge in [-0.1, -0.05) is 11.6 Å². The van der Waals surface area contributed by atoms with Crippen molar-refractivity contribution in [3.05, 3.63) is 52.3 Å². The lowest BCUT2D eigenvalue weighted by atomic mass is 9.98. The molecule has 4 aromatic heterocycles. The van der Waals surface area contributed by atoms with Gasteiger partial charge in [-0.15, -0.1) is 0 Å². The second kappa shape index (κ2) is 9.32. The molecule has 11 heteroatoms. The highest BCUT2D eigenvalue weighted by atomic mass is 35.5. The summed E-state index contributed by atoms with van der Waals surface area (Å²) in [4.78, 5) is 30.2. The van der Waals surface area contributed by atoms with Gasteiger partial charge < -0.3 is 20.5 Å². The third-order valence-corrected chi connectivity index (χ3v) is 6.51. The SMILES string of the molecule is O=C(Nc1ccsc1)N1CCC[C@@H](CNc2nc(-c3c[nH]c4ncc(Cl)cc34)ncc2F)C1. The molecule has 170 valence electrons. The molecule has 1 aliphatic heterocycles. The van der Waals surface area contributed by atoms with Gasteiger partial charge in [-0.2, -0.15) is 11.3 Å². The number of hydrogen-bond acceptors (Lipinski definition) is 6. The van der Waals surface area contributed by atoms with E-state index in [0.717, 1.165) is 30.1 Å². The van der Waals surface area contributed by atoms with Gasteiger partial charge in [-0.3, -0.25) is 0 Å². The number of H-pyrrole nitrogens is 1. The normalized spacial score (nSPS) is 16.2. The third-order valence-electron chi connectivity index (χ3n) is 5.62. The second-order valence-corrected chi connectivity index (χ2v) is 9.14. The molecule has 33 heavy (non-hydrogen) atoms. The first kappa shape index (κ1) is 21.6. The number of nitrogens with one attached hydrogen (secondary N) is 3. The van der Waals surface area contributed by atoms with E-state index in [1.807, 2.05) is 16.8 Å². The highest BCUT2D eigenvalue weighted by Crippen LogP contribution is 2.28. The minimum Gasteiger partial charge on any atom is -0.367 e. The van der Waals surface area contributed by atoms with Crippen LogP contribution in [0.15, 0.2) is 41.5 Å². The third kappa shape index (κ3) is 4.76. The highest BCUT2D eigenvalue weighted by molar-refractivity contribution is 7.08. The molecule has 8 nitrogen and oxygen atoms in total. The van der Waals surface area contributed by atoms with E-state index in [2.05, 4.69) is 30.6 Å². The van der Waals surface area contributed by atoms with Crippen LogP contribution in [0.5, 0.6) is 0 Å². The molecule has 0 aromatic carbocycles. The van der Waals surface area contributed by atoms with Crippen LogP contribution in [-0.4, -0.2) is 50.5 Å². The lowest BCUT2D eigenvalue weighted by Crippen LogP contribution is -2.43. The van der Waals surface area contributed by atoms with Gasteiger partial charge in [0.05, 0.1) is 16.9 Å². The number of halogens is 2. The molecule has 4 aromatic rings. The molecule has 0 unspecified atom stereocenters. The zero-order valence-corrected chi connectivity index (χ0v) is 19.1. The van der Waals surface area contributed by atoms with Crippen molar-refractivity contribution in [1.29, 1.82) is 0 Å². The molecule has 0 saturated carbocycles. The Kier molecular flexibility index (Phi) is 6.10. The van der Waals surface area contributed by atoms with Crippen molar-refractivity contribution in [3.63, 3.8) is 0 Å². The number of amides is 2. The molecule has 1 atom stereocenters. The lowest BCUT2D eigenvalue weighted by Gasteiger charge is -2.32. The van der Waals surface area contributed by atoms with E-state index in [1.54, 1.807) is 23.4 Å². The number of carbonyl (C=O) groups excluding carboxylic acids is 1. The minimum atomic E-state index is -0.530. The summed E-state index contributed by atoms with van der Waals surface area (Å²) in [7, 11) is 0. The summed E-state index contributed by atoms with van der Waals surface area (Å²) in [6.07, 6.45) is 6.28. The van der Waals surface area contributed by atoms with Gasteiger partial charge in [-0.05, 0) is 36.3 Å². The average Bonchev–Trinajstić information content (AvgIpc) is 3.48. The van der Waals surface area contributed by atoms with Crippen molar-refractivity contribution in [2.45, 2.75) is 12.8 Å². The maximum Gasteiger partial charge on any atom is 0.321 e. The molecule has 5 heterocycles. The van der Waals surface area contributed by atoms with E-state index in [1.165, 1.54) is 11.3 Å². The highest BCUT2D eigenvalue weighted by Gasteiger charge is 2.24. The van der Waals surface area contributed by atoms with Crippen molar-refractivity contribution in [2.24, 2.45) is 5.92 Å². The van der Waals surface area contributed by atoms with Crippen LogP contribution < -0.4 is 10.6 Å². The van der Waals surface area contributed by atoms with Crippen LogP contribution in [0.1, 0.15) is 12.8 Å². The van der Waals surface area contributed by atoms with Crippen LogP contribution in [0.4, 0.5) is 20.7 Å². The molecule has 1 aliphatic rings. The summed E-state index contributed by atoms with van der Waals surface area (Å²) in [6, 6.07) is 3.53. The average molecular weight is 486 g/mol. The van der Waals surface area contributed by atoms with Crippen LogP contribution >= 0.6 is 22.9 Å². The molecule has 0 radical (unpaired) electrons. The molecule has 5 rings (SSSR count). The van der Waals surface area contributed by atoms with Crippen LogP contribution in [0.2, 0.25) is 5.02 Å². The molecule has 0 aliphatic carbocycles. The Morgan fingerprint density at radius 3 is 3.12 bits per heavy atom. The number of aromatic nitrogens is 4. The van der Waals surface area contributed by atoms with Crippen LogP contribution in [-0.2, 0) is 0 Å². The van der Waals surface area contributed by atoms with Crippen molar-refractivity contribution in [3.8, 4) is 11.4 Å². The van der Waals surface area contributed by atoms with Crippen molar-refractivity contribution in [2.75, 3.05) is 30.3 Å². The zero-order valence-electron chi connectivity index (χ0n) is 17.5. The molecule has 1 fully saturated rings. The van der Waals surface area contributed by atoms with Gasteiger partial charge in [0.1, 0.15) is 5.65 Å². The topological polar surface area (TPSA) is 98.8 Å². The standard InChI is InChI=1S/C22H21ClFN7OS/c23-14-6-16-17(9-27-19(16)26-8-14)20-28-10-18(24)21(30-20)25-7-13-2-1-4-31(11-13)22(32)29-15-3-5-33-12-15/h3,5-6,8-10,12-13H,1-2,4,7,11H2,(H,26,27)(H,29,32)(H,25,28,30)/t13-/m0/s1. The van der Waals surface area contributed by atoms with Crippen molar-refractivity contribution < 1.29 is 9.18 Å². The number of thiophene rings is 1. The van der Waals surface area contributed by atoms with Gasteiger partial charge in [0.15, 0.2) is 17.5 Å². The fraction of sp³-hybridized carbons (Fsp3) is 0.273. The predicted octanol–water partition coefficient (Wildman–Crippen LogP) is 5.23. The fourth-order valence-electron chi connectivity index (χ4n) is 3.98. The van der Waals surface area contributed by atoms with Gasteiger partial charge >= 0.3 is 6.03 Å².